The summed E-state index contributed by atoms with van der Waals surface area (Å²) in [7, 11) is 0. The first-order chi connectivity index (χ1) is 12.4. The van der Waals surface area contributed by atoms with E-state index in [1.54, 1.807) is 12.1 Å². The van der Waals surface area contributed by atoms with Gasteiger partial charge in [-0.3, -0.25) is 4.79 Å². The molecular formula is C20H16F3NOS. The molecule has 3 rings (SSSR count). The summed E-state index contributed by atoms with van der Waals surface area (Å²) in [6.07, 6.45) is -4.46. The molecule has 1 amide bonds. The highest BCUT2D eigenvalue weighted by molar-refractivity contribution is 7.09. The molecule has 1 aromatic heterocycles. The third-order valence-corrected chi connectivity index (χ3v) is 4.86. The minimum atomic E-state index is -4.46. The van der Waals surface area contributed by atoms with Gasteiger partial charge in [-0.05, 0) is 48.2 Å². The Morgan fingerprint density at radius 2 is 1.81 bits per heavy atom. The van der Waals surface area contributed by atoms with Crippen molar-refractivity contribution in [3.8, 4) is 0 Å². The predicted molar refractivity (Wildman–Crippen MR) is 97.5 cm³/mol. The maximum Gasteiger partial charge on any atom is 0.416 e. The van der Waals surface area contributed by atoms with Crippen molar-refractivity contribution in [2.75, 3.05) is 4.90 Å². The van der Waals surface area contributed by atoms with Crippen LogP contribution in [0.1, 0.15) is 26.4 Å². The number of nitrogens with zero attached hydrogens (tertiary/aromatic N) is 1. The highest BCUT2D eigenvalue weighted by atomic mass is 32.1. The summed E-state index contributed by atoms with van der Waals surface area (Å²) >= 11 is 1.46. The van der Waals surface area contributed by atoms with E-state index >= 15 is 0 Å². The zero-order valence-corrected chi connectivity index (χ0v) is 14.8. The monoisotopic (exact) mass is 375 g/mol. The van der Waals surface area contributed by atoms with Crippen molar-refractivity contribution in [1.82, 2.24) is 0 Å². The number of hydrogen-bond donors (Lipinski definition) is 0. The van der Waals surface area contributed by atoms with Crippen LogP contribution in [0.3, 0.4) is 0 Å². The quantitative estimate of drug-likeness (QED) is 0.554. The first-order valence-corrected chi connectivity index (χ1v) is 8.81. The summed E-state index contributed by atoms with van der Waals surface area (Å²) in [5.41, 5.74) is 0.701. The molecule has 26 heavy (non-hydrogen) atoms. The van der Waals surface area contributed by atoms with Gasteiger partial charge in [-0.2, -0.15) is 13.2 Å². The van der Waals surface area contributed by atoms with Crippen LogP contribution in [-0.2, 0) is 12.7 Å². The van der Waals surface area contributed by atoms with E-state index in [0.717, 1.165) is 22.6 Å². The molecule has 0 atom stereocenters. The first-order valence-electron chi connectivity index (χ1n) is 7.93. The van der Waals surface area contributed by atoms with Gasteiger partial charge >= 0.3 is 6.18 Å². The Kier molecular flexibility index (Phi) is 5.13. The molecule has 0 unspecified atom stereocenters. The Morgan fingerprint density at radius 3 is 2.46 bits per heavy atom. The Balaban J connectivity index is 2.04. The summed E-state index contributed by atoms with van der Waals surface area (Å²) < 4.78 is 39.3. The molecule has 2 aromatic carbocycles. The number of aryl methyl sites for hydroxylation is 1. The van der Waals surface area contributed by atoms with E-state index in [1.165, 1.54) is 28.4 Å². The molecule has 0 radical (unpaired) electrons. The van der Waals surface area contributed by atoms with Gasteiger partial charge in [-0.15, -0.1) is 11.3 Å². The topological polar surface area (TPSA) is 20.3 Å². The normalized spacial score (nSPS) is 11.4. The molecule has 134 valence electrons. The molecule has 0 aliphatic carbocycles. The van der Waals surface area contributed by atoms with Gasteiger partial charge in [0.25, 0.3) is 5.91 Å². The molecule has 0 saturated heterocycles. The third kappa shape index (κ3) is 3.96. The number of amides is 1. The Labute approximate surface area is 153 Å². The first kappa shape index (κ1) is 18.2. The summed E-state index contributed by atoms with van der Waals surface area (Å²) in [6.45, 7) is 2.02. The number of alkyl halides is 3. The van der Waals surface area contributed by atoms with Crippen molar-refractivity contribution in [2.24, 2.45) is 0 Å². The molecule has 0 saturated carbocycles. The van der Waals surface area contributed by atoms with Gasteiger partial charge in [0.1, 0.15) is 0 Å². The fourth-order valence-corrected chi connectivity index (χ4v) is 3.34. The molecule has 2 nitrogen and oxygen atoms in total. The number of halogens is 3. The van der Waals surface area contributed by atoms with E-state index < -0.39 is 11.7 Å². The van der Waals surface area contributed by atoms with Crippen LogP contribution in [0.15, 0.2) is 66.0 Å². The Bertz CT molecular complexity index is 903. The van der Waals surface area contributed by atoms with Crippen molar-refractivity contribution in [3.05, 3.63) is 87.6 Å². The van der Waals surface area contributed by atoms with Gasteiger partial charge in [0.05, 0.1) is 12.1 Å². The average molecular weight is 375 g/mol. The second-order valence-electron chi connectivity index (χ2n) is 5.83. The van der Waals surface area contributed by atoms with Crippen molar-refractivity contribution in [1.29, 1.82) is 0 Å². The lowest BCUT2D eigenvalue weighted by Crippen LogP contribution is -2.31. The molecule has 6 heteroatoms. The maximum atomic E-state index is 13.1. The highest BCUT2D eigenvalue weighted by Gasteiger charge is 2.31. The molecule has 0 aliphatic rings. The fourth-order valence-electron chi connectivity index (χ4n) is 2.65. The molecule has 0 fully saturated rings. The number of benzene rings is 2. The lowest BCUT2D eigenvalue weighted by Gasteiger charge is -2.24. The summed E-state index contributed by atoms with van der Waals surface area (Å²) in [6, 6.07) is 15.6. The fraction of sp³-hybridized carbons (Fsp3) is 0.150. The van der Waals surface area contributed by atoms with Crippen LogP contribution >= 0.6 is 11.3 Å². The van der Waals surface area contributed by atoms with Gasteiger partial charge in [-0.25, -0.2) is 0 Å². The van der Waals surface area contributed by atoms with Crippen LogP contribution in [-0.4, -0.2) is 5.91 Å². The Hall–Kier alpha value is -2.60. The summed E-state index contributed by atoms with van der Waals surface area (Å²) in [5.74, 6) is -0.323. The van der Waals surface area contributed by atoms with Crippen molar-refractivity contribution < 1.29 is 18.0 Å². The van der Waals surface area contributed by atoms with E-state index in [4.69, 9.17) is 0 Å². The van der Waals surface area contributed by atoms with Crippen molar-refractivity contribution >= 4 is 22.9 Å². The molecular weight excluding hydrogens is 359 g/mol. The van der Waals surface area contributed by atoms with Gasteiger partial charge in [0, 0.05) is 16.1 Å². The number of rotatable bonds is 4. The van der Waals surface area contributed by atoms with Crippen LogP contribution in [0.5, 0.6) is 0 Å². The molecule has 0 bridgehead atoms. The highest BCUT2D eigenvalue weighted by Crippen LogP contribution is 2.33. The Morgan fingerprint density at radius 1 is 1.04 bits per heavy atom. The molecule has 1 heterocycles. The number of hydrogen-bond acceptors (Lipinski definition) is 2. The van der Waals surface area contributed by atoms with Crippen molar-refractivity contribution in [2.45, 2.75) is 19.6 Å². The maximum absolute atomic E-state index is 13.1. The zero-order valence-electron chi connectivity index (χ0n) is 14.0. The SMILES string of the molecule is Cc1ccccc1C(=O)N(Cc1cccs1)c1cccc(C(F)(F)F)c1. The van der Waals surface area contributed by atoms with Crippen LogP contribution in [0, 0.1) is 6.92 Å². The van der Waals surface area contributed by atoms with Gasteiger partial charge in [-0.1, -0.05) is 30.3 Å². The van der Waals surface area contributed by atoms with Gasteiger partial charge < -0.3 is 4.90 Å². The van der Waals surface area contributed by atoms with Gasteiger partial charge in [0.2, 0.25) is 0 Å². The van der Waals surface area contributed by atoms with E-state index in [-0.39, 0.29) is 18.1 Å². The van der Waals surface area contributed by atoms with Crippen molar-refractivity contribution in [3.63, 3.8) is 0 Å². The largest absolute Gasteiger partial charge is 0.416 e. The lowest BCUT2D eigenvalue weighted by molar-refractivity contribution is -0.137. The number of thiophene rings is 1. The van der Waals surface area contributed by atoms with Crippen LogP contribution < -0.4 is 4.90 Å². The zero-order chi connectivity index (χ0) is 18.7. The standard InChI is InChI=1S/C20H16F3NOS/c1-14-6-2-3-10-18(14)19(25)24(13-17-9-5-11-26-17)16-8-4-7-15(12-16)20(21,22)23/h2-12H,13H2,1H3. The van der Waals surface area contributed by atoms with E-state index in [1.807, 2.05) is 36.6 Å². The smallest absolute Gasteiger partial charge is 0.303 e. The molecule has 0 spiro atoms. The molecule has 0 N–H and O–H groups in total. The van der Waals surface area contributed by atoms with Crippen LogP contribution in [0.25, 0.3) is 0 Å². The van der Waals surface area contributed by atoms with E-state index in [2.05, 4.69) is 0 Å². The third-order valence-electron chi connectivity index (χ3n) is 4.00. The average Bonchev–Trinajstić information content (AvgIpc) is 3.12. The summed E-state index contributed by atoms with van der Waals surface area (Å²) in [5, 5.41) is 1.87. The minimum absolute atomic E-state index is 0.214. The molecule has 0 aliphatic heterocycles. The van der Waals surface area contributed by atoms with E-state index in [9.17, 15) is 18.0 Å². The number of carbonyl (C=O) groups excluding carboxylic acids is 1. The van der Waals surface area contributed by atoms with E-state index in [0.29, 0.717) is 5.56 Å². The second kappa shape index (κ2) is 7.33. The lowest BCUT2D eigenvalue weighted by atomic mass is 10.1. The van der Waals surface area contributed by atoms with Crippen LogP contribution in [0.2, 0.25) is 0 Å². The molecule has 3 aromatic rings. The van der Waals surface area contributed by atoms with Gasteiger partial charge in [0.15, 0.2) is 0 Å². The summed E-state index contributed by atoms with van der Waals surface area (Å²) in [4.78, 5) is 15.4. The predicted octanol–water partition coefficient (Wildman–Crippen LogP) is 5.92. The second-order valence-corrected chi connectivity index (χ2v) is 6.87. The minimum Gasteiger partial charge on any atom is -0.303 e. The van der Waals surface area contributed by atoms with Crippen LogP contribution in [0.4, 0.5) is 18.9 Å². The number of carbonyl (C=O) groups is 1. The number of anilines is 1.